The van der Waals surface area contributed by atoms with Crippen LogP contribution in [0.5, 0.6) is 11.5 Å². The summed E-state index contributed by atoms with van der Waals surface area (Å²) in [6.07, 6.45) is -4.07. The summed E-state index contributed by atoms with van der Waals surface area (Å²) in [7, 11) is -3.82. The molecule has 0 aliphatic rings. The number of hydrogen-bond acceptors (Lipinski definition) is 3. The van der Waals surface area contributed by atoms with Gasteiger partial charge in [-0.25, -0.2) is 12.8 Å². The number of ether oxygens (including phenoxy) is 1. The van der Waals surface area contributed by atoms with E-state index in [4.69, 9.17) is 4.74 Å². The number of hydrogen-bond donors (Lipinski definition) is 0. The van der Waals surface area contributed by atoms with Crippen LogP contribution < -0.4 is 4.74 Å². The van der Waals surface area contributed by atoms with Crippen LogP contribution in [0.25, 0.3) is 0 Å². The van der Waals surface area contributed by atoms with Crippen LogP contribution in [0.2, 0.25) is 0 Å². The summed E-state index contributed by atoms with van der Waals surface area (Å²) in [6, 6.07) is 7.99. The average molecular weight is 333 g/mol. The Morgan fingerprint density at radius 2 is 1.82 bits per heavy atom. The fraction of sp³-hybridized carbons (Fsp3) is 0.143. The van der Waals surface area contributed by atoms with E-state index >= 15 is 0 Å². The zero-order valence-electron chi connectivity index (χ0n) is 11.1. The number of sulfone groups is 1. The molecule has 0 fully saturated rings. The SMILES string of the molecule is CS(=O)(=O)c1ccc(Oc2c[c]ccc2F)c(C(F)(F)F)c1. The third-order valence-electron chi connectivity index (χ3n) is 2.68. The molecule has 0 unspecified atom stereocenters. The van der Waals surface area contributed by atoms with Crippen molar-refractivity contribution < 1.29 is 30.7 Å². The third kappa shape index (κ3) is 3.56. The Hall–Kier alpha value is -2.09. The molecule has 1 radical (unpaired) electrons. The molecule has 3 nitrogen and oxygen atoms in total. The molecule has 2 aromatic rings. The van der Waals surface area contributed by atoms with Gasteiger partial charge in [0.1, 0.15) is 5.75 Å². The molecule has 2 aromatic carbocycles. The van der Waals surface area contributed by atoms with Crippen LogP contribution in [0.1, 0.15) is 5.56 Å². The van der Waals surface area contributed by atoms with Crippen LogP contribution in [-0.4, -0.2) is 14.7 Å². The molecular weight excluding hydrogens is 324 g/mol. The highest BCUT2D eigenvalue weighted by molar-refractivity contribution is 7.90. The van der Waals surface area contributed by atoms with Gasteiger partial charge < -0.3 is 4.74 Å². The lowest BCUT2D eigenvalue weighted by Gasteiger charge is -2.15. The van der Waals surface area contributed by atoms with Gasteiger partial charge in [0.25, 0.3) is 0 Å². The van der Waals surface area contributed by atoms with E-state index in [1.807, 2.05) is 0 Å². The van der Waals surface area contributed by atoms with Gasteiger partial charge >= 0.3 is 6.18 Å². The summed E-state index contributed by atoms with van der Waals surface area (Å²) in [5.74, 6) is -2.00. The fourth-order valence-electron chi connectivity index (χ4n) is 1.64. The van der Waals surface area contributed by atoms with E-state index in [0.717, 1.165) is 30.5 Å². The smallest absolute Gasteiger partial charge is 0.420 e. The van der Waals surface area contributed by atoms with Crippen LogP contribution in [0.4, 0.5) is 17.6 Å². The molecule has 0 spiro atoms. The largest absolute Gasteiger partial charge is 0.454 e. The highest BCUT2D eigenvalue weighted by atomic mass is 32.2. The molecule has 22 heavy (non-hydrogen) atoms. The Bertz CT molecular complexity index is 798. The minimum absolute atomic E-state index is 0.444. The normalized spacial score (nSPS) is 12.2. The predicted octanol–water partition coefficient (Wildman–Crippen LogP) is 3.84. The molecule has 0 N–H and O–H groups in total. The van der Waals surface area contributed by atoms with Gasteiger partial charge in [-0.1, -0.05) is 6.07 Å². The Labute approximate surface area is 124 Å². The fourth-order valence-corrected chi connectivity index (χ4v) is 2.29. The first-order valence-corrected chi connectivity index (χ1v) is 7.73. The molecule has 0 heterocycles. The van der Waals surface area contributed by atoms with Crippen LogP contribution in [0, 0.1) is 11.9 Å². The van der Waals surface area contributed by atoms with E-state index in [-0.39, 0.29) is 0 Å². The Kier molecular flexibility index (Phi) is 4.15. The van der Waals surface area contributed by atoms with Gasteiger partial charge in [0, 0.05) is 6.26 Å². The first-order chi connectivity index (χ1) is 10.1. The first-order valence-electron chi connectivity index (χ1n) is 5.84. The summed E-state index contributed by atoms with van der Waals surface area (Å²) in [5.41, 5.74) is -1.31. The summed E-state index contributed by atoms with van der Waals surface area (Å²) in [4.78, 5) is -0.507. The summed E-state index contributed by atoms with van der Waals surface area (Å²) in [6.45, 7) is 0. The van der Waals surface area contributed by atoms with Gasteiger partial charge in [0.2, 0.25) is 0 Å². The number of benzene rings is 2. The van der Waals surface area contributed by atoms with Gasteiger partial charge in [-0.05, 0) is 36.4 Å². The average Bonchev–Trinajstić information content (AvgIpc) is 2.39. The zero-order valence-corrected chi connectivity index (χ0v) is 11.9. The van der Waals surface area contributed by atoms with Crippen molar-refractivity contribution >= 4 is 9.84 Å². The van der Waals surface area contributed by atoms with Crippen LogP contribution in [0.15, 0.2) is 41.3 Å². The van der Waals surface area contributed by atoms with Crippen molar-refractivity contribution in [2.45, 2.75) is 11.1 Å². The maximum Gasteiger partial charge on any atom is 0.420 e. The van der Waals surface area contributed by atoms with E-state index < -0.39 is 43.8 Å². The van der Waals surface area contributed by atoms with Crippen LogP contribution in [-0.2, 0) is 16.0 Å². The van der Waals surface area contributed by atoms with Crippen molar-refractivity contribution in [3.05, 3.63) is 53.8 Å². The maximum atomic E-state index is 13.4. The number of alkyl halides is 3. The predicted molar refractivity (Wildman–Crippen MR) is 69.9 cm³/mol. The second-order valence-corrected chi connectivity index (χ2v) is 6.40. The lowest BCUT2D eigenvalue weighted by molar-refractivity contribution is -0.138. The van der Waals surface area contributed by atoms with Crippen molar-refractivity contribution in [2.75, 3.05) is 6.26 Å². The van der Waals surface area contributed by atoms with Gasteiger partial charge in [-0.15, -0.1) is 0 Å². The molecule has 0 aromatic heterocycles. The lowest BCUT2D eigenvalue weighted by Crippen LogP contribution is -2.09. The summed E-state index contributed by atoms with van der Waals surface area (Å²) >= 11 is 0. The van der Waals surface area contributed by atoms with E-state index in [1.54, 1.807) is 0 Å². The molecule has 2 rings (SSSR count). The Balaban J connectivity index is 2.54. The van der Waals surface area contributed by atoms with Crippen molar-refractivity contribution in [1.29, 1.82) is 0 Å². The van der Waals surface area contributed by atoms with Crippen molar-refractivity contribution in [2.24, 2.45) is 0 Å². The van der Waals surface area contributed by atoms with E-state index in [9.17, 15) is 26.0 Å². The molecule has 117 valence electrons. The van der Waals surface area contributed by atoms with E-state index in [2.05, 4.69) is 6.07 Å². The third-order valence-corrected chi connectivity index (χ3v) is 3.79. The molecule has 0 saturated carbocycles. The summed E-state index contributed by atoms with van der Waals surface area (Å²) in [5, 5.41) is 0. The minimum atomic E-state index is -4.86. The quantitative estimate of drug-likeness (QED) is 0.802. The molecule has 0 saturated heterocycles. The van der Waals surface area contributed by atoms with Gasteiger partial charge in [0.15, 0.2) is 21.4 Å². The standard InChI is InChI=1S/C14H9F4O3S/c1-22(19,20)9-6-7-12(10(8-9)14(16,17)18)21-13-5-3-2-4-11(13)15/h2,4-8H,1H3. The first kappa shape index (κ1) is 16.3. The topological polar surface area (TPSA) is 43.4 Å². The van der Waals surface area contributed by atoms with Crippen molar-refractivity contribution in [3.63, 3.8) is 0 Å². The Morgan fingerprint density at radius 3 is 2.36 bits per heavy atom. The van der Waals surface area contributed by atoms with E-state index in [0.29, 0.717) is 6.07 Å². The number of rotatable bonds is 3. The minimum Gasteiger partial charge on any atom is -0.454 e. The van der Waals surface area contributed by atoms with Crippen LogP contribution in [0.3, 0.4) is 0 Å². The molecule has 0 aliphatic heterocycles. The highest BCUT2D eigenvalue weighted by Gasteiger charge is 2.35. The van der Waals surface area contributed by atoms with Gasteiger partial charge in [0.05, 0.1) is 10.5 Å². The zero-order chi connectivity index (χ0) is 16.5. The van der Waals surface area contributed by atoms with Crippen LogP contribution >= 0.6 is 0 Å². The second kappa shape index (κ2) is 5.60. The van der Waals surface area contributed by atoms with Gasteiger partial charge in [-0.3, -0.25) is 0 Å². The highest BCUT2D eigenvalue weighted by Crippen LogP contribution is 2.39. The molecule has 0 aliphatic carbocycles. The Morgan fingerprint density at radius 1 is 1.14 bits per heavy atom. The molecule has 0 bridgehead atoms. The molecule has 8 heteroatoms. The maximum absolute atomic E-state index is 13.4. The molecule has 0 atom stereocenters. The lowest BCUT2D eigenvalue weighted by atomic mass is 10.2. The second-order valence-electron chi connectivity index (χ2n) is 4.39. The monoisotopic (exact) mass is 333 g/mol. The summed E-state index contributed by atoms with van der Waals surface area (Å²) < 4.78 is 80.2. The molecular formula is C14H9F4O3S. The number of halogens is 4. The van der Waals surface area contributed by atoms with Crippen molar-refractivity contribution in [1.82, 2.24) is 0 Å². The van der Waals surface area contributed by atoms with Gasteiger partial charge in [-0.2, -0.15) is 13.2 Å². The van der Waals surface area contributed by atoms with Crippen molar-refractivity contribution in [3.8, 4) is 11.5 Å². The van der Waals surface area contributed by atoms with E-state index in [1.165, 1.54) is 6.07 Å². The molecule has 0 amide bonds.